The average Bonchev–Trinajstić information content (AvgIpc) is 2.83. The van der Waals surface area contributed by atoms with Crippen LogP contribution in [0.3, 0.4) is 0 Å². The molecule has 0 aromatic carbocycles. The van der Waals surface area contributed by atoms with E-state index in [9.17, 15) is 15.2 Å². The van der Waals surface area contributed by atoms with Gasteiger partial charge < -0.3 is 14.8 Å². The highest BCUT2D eigenvalue weighted by atomic mass is 16.6. The van der Waals surface area contributed by atoms with Gasteiger partial charge in [-0.05, 0) is 26.0 Å². The first-order valence-electron chi connectivity index (χ1n) is 5.63. The highest BCUT2D eigenvalue weighted by molar-refractivity contribution is 6.04. The van der Waals surface area contributed by atoms with Gasteiger partial charge in [0.05, 0.1) is 6.26 Å². The van der Waals surface area contributed by atoms with Crippen molar-refractivity contribution in [2.45, 2.75) is 38.9 Å². The largest absolute Gasteiger partial charge is 0.622 e. The van der Waals surface area contributed by atoms with Crippen LogP contribution < -0.4 is 0 Å². The molecule has 1 aromatic rings. The van der Waals surface area contributed by atoms with E-state index in [4.69, 9.17) is 4.42 Å². The van der Waals surface area contributed by atoms with E-state index in [0.29, 0.717) is 10.5 Å². The molecule has 1 N–H and O–H groups in total. The van der Waals surface area contributed by atoms with Crippen molar-refractivity contribution in [1.82, 2.24) is 5.06 Å². The zero-order valence-corrected chi connectivity index (χ0v) is 10.8. The maximum Gasteiger partial charge on any atom is 0.307 e. The molecule has 0 saturated carbocycles. The lowest BCUT2D eigenvalue weighted by Crippen LogP contribution is -2.57. The Kier molecular flexibility index (Phi) is 2.60. The van der Waals surface area contributed by atoms with Gasteiger partial charge in [0.2, 0.25) is 5.78 Å². The van der Waals surface area contributed by atoms with Crippen molar-refractivity contribution in [2.75, 3.05) is 0 Å². The third kappa shape index (κ3) is 1.36. The Bertz CT molecular complexity index is 518. The zero-order chi connectivity index (χ0) is 13.7. The summed E-state index contributed by atoms with van der Waals surface area (Å²) in [5.74, 6) is -0.0892. The minimum atomic E-state index is -1.63. The van der Waals surface area contributed by atoms with Crippen molar-refractivity contribution in [1.29, 1.82) is 0 Å². The average molecular weight is 252 g/mol. The molecule has 0 aliphatic carbocycles. The molecule has 1 atom stereocenters. The van der Waals surface area contributed by atoms with Gasteiger partial charge in [0.15, 0.2) is 5.76 Å². The van der Waals surface area contributed by atoms with E-state index in [2.05, 4.69) is 0 Å². The molecule has 6 nitrogen and oxygen atoms in total. The third-order valence-electron chi connectivity index (χ3n) is 3.54. The maximum absolute atomic E-state index is 12.4. The molecule has 1 aromatic heterocycles. The molecule has 2 heterocycles. The molecule has 0 fully saturated rings. The Morgan fingerprint density at radius 1 is 1.50 bits per heavy atom. The van der Waals surface area contributed by atoms with E-state index in [1.807, 2.05) is 0 Å². The fourth-order valence-corrected chi connectivity index (χ4v) is 2.30. The van der Waals surface area contributed by atoms with Crippen molar-refractivity contribution >= 4 is 11.5 Å². The molecular formula is C12H16N2O4. The maximum atomic E-state index is 12.4. The first kappa shape index (κ1) is 12.8. The normalized spacial score (nSPS) is 27.8. The number of ketones is 1. The Balaban J connectivity index is 2.69. The van der Waals surface area contributed by atoms with Gasteiger partial charge in [-0.25, -0.2) is 0 Å². The SMILES string of the molecule is CC(=O)[C@@]1(C)N(O)C(C)(C)C(c2ccco2)=[N+]1[O-]. The Labute approximate surface area is 105 Å². The lowest BCUT2D eigenvalue weighted by molar-refractivity contribution is -0.565. The van der Waals surface area contributed by atoms with Crippen LogP contribution in [-0.2, 0) is 4.79 Å². The summed E-state index contributed by atoms with van der Waals surface area (Å²) >= 11 is 0. The summed E-state index contributed by atoms with van der Waals surface area (Å²) in [6.07, 6.45) is 1.44. The summed E-state index contributed by atoms with van der Waals surface area (Å²) < 4.78 is 5.74. The van der Waals surface area contributed by atoms with Crippen LogP contribution >= 0.6 is 0 Å². The van der Waals surface area contributed by atoms with E-state index in [1.165, 1.54) is 20.1 Å². The lowest BCUT2D eigenvalue weighted by atomic mass is 9.96. The molecule has 0 saturated heterocycles. The van der Waals surface area contributed by atoms with Gasteiger partial charge in [-0.1, -0.05) is 0 Å². The smallest absolute Gasteiger partial charge is 0.307 e. The predicted molar refractivity (Wildman–Crippen MR) is 63.2 cm³/mol. The Morgan fingerprint density at radius 3 is 2.50 bits per heavy atom. The number of nitrogens with zero attached hydrogens (tertiary/aromatic N) is 2. The fourth-order valence-electron chi connectivity index (χ4n) is 2.30. The molecule has 1 aliphatic heterocycles. The van der Waals surface area contributed by atoms with E-state index < -0.39 is 17.0 Å². The minimum Gasteiger partial charge on any atom is -0.622 e. The van der Waals surface area contributed by atoms with Gasteiger partial charge in [0.25, 0.3) is 5.71 Å². The third-order valence-corrected chi connectivity index (χ3v) is 3.54. The van der Waals surface area contributed by atoms with E-state index >= 15 is 0 Å². The summed E-state index contributed by atoms with van der Waals surface area (Å²) in [6.45, 7) is 5.98. The molecule has 98 valence electrons. The van der Waals surface area contributed by atoms with Gasteiger partial charge in [0, 0.05) is 13.8 Å². The zero-order valence-electron chi connectivity index (χ0n) is 10.8. The van der Waals surface area contributed by atoms with Crippen molar-refractivity contribution in [3.05, 3.63) is 29.4 Å². The Hall–Kier alpha value is -1.66. The van der Waals surface area contributed by atoms with E-state index in [-0.39, 0.29) is 5.71 Å². The van der Waals surface area contributed by atoms with Gasteiger partial charge in [-0.2, -0.15) is 4.74 Å². The molecule has 0 unspecified atom stereocenters. The topological polar surface area (TPSA) is 79.8 Å². The standard InChI is InChI=1S/C12H16N2O4/c1-8(15)12(4)13(16)10(9-6-5-7-18-9)11(2,3)14(12)17/h5-7,17H,1-4H3/t12-/m1/s1. The summed E-state index contributed by atoms with van der Waals surface area (Å²) in [5, 5.41) is 23.4. The second kappa shape index (κ2) is 3.66. The second-order valence-corrected chi connectivity index (χ2v) is 5.07. The number of furan rings is 1. The molecular weight excluding hydrogens is 236 g/mol. The summed E-state index contributed by atoms with van der Waals surface area (Å²) in [7, 11) is 0. The fraction of sp³-hybridized carbons (Fsp3) is 0.500. The number of hydroxylamine groups is 3. The number of Topliss-reactive ketones (excluding diaryl/α,β-unsaturated/α-hetero) is 1. The lowest BCUT2D eigenvalue weighted by Gasteiger charge is -2.30. The molecule has 0 amide bonds. The van der Waals surface area contributed by atoms with Crippen molar-refractivity contribution < 1.29 is 19.2 Å². The van der Waals surface area contributed by atoms with Gasteiger partial charge in [-0.3, -0.25) is 4.79 Å². The van der Waals surface area contributed by atoms with Crippen LogP contribution in [0, 0.1) is 5.21 Å². The van der Waals surface area contributed by atoms with Gasteiger partial charge in [-0.15, -0.1) is 5.06 Å². The summed E-state index contributed by atoms with van der Waals surface area (Å²) in [5.41, 5.74) is -2.42. The number of rotatable bonds is 2. The van der Waals surface area contributed by atoms with Crippen LogP contribution in [0.1, 0.15) is 33.5 Å². The Morgan fingerprint density at radius 2 is 2.11 bits per heavy atom. The van der Waals surface area contributed by atoms with Crippen LogP contribution in [-0.4, -0.2) is 37.7 Å². The van der Waals surface area contributed by atoms with E-state index in [1.54, 1.807) is 26.0 Å². The monoisotopic (exact) mass is 252 g/mol. The highest BCUT2D eigenvalue weighted by Crippen LogP contribution is 2.35. The molecule has 2 rings (SSSR count). The number of carbonyl (C=O) groups excluding carboxylic acids is 1. The van der Waals surface area contributed by atoms with Crippen molar-refractivity contribution in [3.8, 4) is 0 Å². The van der Waals surface area contributed by atoms with Crippen LogP contribution in [0.2, 0.25) is 0 Å². The molecule has 0 bridgehead atoms. The van der Waals surface area contributed by atoms with Crippen LogP contribution in [0.15, 0.2) is 22.8 Å². The predicted octanol–water partition coefficient (Wildman–Crippen LogP) is 1.37. The van der Waals surface area contributed by atoms with Crippen LogP contribution in [0.5, 0.6) is 0 Å². The quantitative estimate of drug-likeness (QED) is 0.635. The van der Waals surface area contributed by atoms with Gasteiger partial charge in [0.1, 0.15) is 5.54 Å². The molecule has 0 spiro atoms. The van der Waals surface area contributed by atoms with Crippen molar-refractivity contribution in [2.24, 2.45) is 0 Å². The molecule has 0 radical (unpaired) electrons. The first-order chi connectivity index (χ1) is 8.24. The van der Waals surface area contributed by atoms with Crippen LogP contribution in [0.25, 0.3) is 0 Å². The second-order valence-electron chi connectivity index (χ2n) is 5.07. The molecule has 1 aliphatic rings. The number of hydrogen-bond acceptors (Lipinski definition) is 5. The summed E-state index contributed by atoms with van der Waals surface area (Å²) in [4.78, 5) is 11.7. The number of hydrogen-bond donors (Lipinski definition) is 1. The highest BCUT2D eigenvalue weighted by Gasteiger charge is 2.63. The van der Waals surface area contributed by atoms with Crippen molar-refractivity contribution in [3.63, 3.8) is 0 Å². The summed E-state index contributed by atoms with van der Waals surface area (Å²) in [6, 6.07) is 3.28. The van der Waals surface area contributed by atoms with E-state index in [0.717, 1.165) is 5.06 Å². The number of carbonyl (C=O) groups is 1. The van der Waals surface area contributed by atoms with Gasteiger partial charge >= 0.3 is 5.66 Å². The molecule has 6 heteroatoms. The molecule has 18 heavy (non-hydrogen) atoms. The van der Waals surface area contributed by atoms with Crippen LogP contribution in [0.4, 0.5) is 0 Å². The minimum absolute atomic E-state index is 0.229. The first-order valence-corrected chi connectivity index (χ1v) is 5.63.